The van der Waals surface area contributed by atoms with E-state index in [2.05, 4.69) is 5.32 Å². The van der Waals surface area contributed by atoms with Gasteiger partial charge in [0.25, 0.3) is 0 Å². The lowest BCUT2D eigenvalue weighted by molar-refractivity contribution is -0.133. The number of alkyl carbamates (subject to hydrolysis) is 1. The van der Waals surface area contributed by atoms with Crippen molar-refractivity contribution in [1.29, 1.82) is 0 Å². The maximum absolute atomic E-state index is 11.7. The van der Waals surface area contributed by atoms with Crippen LogP contribution >= 0.6 is 0 Å². The molecule has 1 aliphatic heterocycles. The van der Waals surface area contributed by atoms with Crippen molar-refractivity contribution in [3.8, 4) is 0 Å². The first-order valence-electron chi connectivity index (χ1n) is 6.70. The number of nitrogens with zero attached hydrogens (tertiary/aromatic N) is 1. The Bertz CT molecular complexity index is 325. The molecule has 6 heteroatoms. The van der Waals surface area contributed by atoms with Crippen LogP contribution in [0.2, 0.25) is 0 Å². The third-order valence-electron chi connectivity index (χ3n) is 2.80. The van der Waals surface area contributed by atoms with Crippen LogP contribution in [-0.2, 0) is 9.53 Å². The molecule has 0 aliphatic carbocycles. The van der Waals surface area contributed by atoms with Crippen molar-refractivity contribution < 1.29 is 19.4 Å². The van der Waals surface area contributed by atoms with Gasteiger partial charge in [0.2, 0.25) is 5.91 Å². The molecule has 0 radical (unpaired) electrons. The summed E-state index contributed by atoms with van der Waals surface area (Å²) < 4.78 is 5.12. The highest BCUT2D eigenvalue weighted by molar-refractivity contribution is 5.77. The molecule has 1 aliphatic rings. The molecule has 2 N–H and O–H groups in total. The zero-order valence-electron chi connectivity index (χ0n) is 11.9. The van der Waals surface area contributed by atoms with Crippen LogP contribution in [0.3, 0.4) is 0 Å². The van der Waals surface area contributed by atoms with Crippen LogP contribution in [0.1, 0.15) is 40.0 Å². The Kier molecular flexibility index (Phi) is 5.60. The topological polar surface area (TPSA) is 78.9 Å². The minimum absolute atomic E-state index is 0.0793. The van der Waals surface area contributed by atoms with E-state index < -0.39 is 17.7 Å². The summed E-state index contributed by atoms with van der Waals surface area (Å²) in [6.45, 7) is 6.11. The van der Waals surface area contributed by atoms with Crippen molar-refractivity contribution in [2.24, 2.45) is 0 Å². The molecule has 6 nitrogen and oxygen atoms in total. The van der Waals surface area contributed by atoms with E-state index in [4.69, 9.17) is 4.74 Å². The minimum Gasteiger partial charge on any atom is -0.444 e. The molecule has 1 rings (SSSR count). The van der Waals surface area contributed by atoms with E-state index in [-0.39, 0.29) is 12.5 Å². The highest BCUT2D eigenvalue weighted by atomic mass is 16.6. The molecule has 110 valence electrons. The van der Waals surface area contributed by atoms with Gasteiger partial charge in [-0.2, -0.15) is 0 Å². The SMILES string of the molecule is CC(C)(C)OC(=O)N[C@H](CO)CN1CCCCC1=O. The average molecular weight is 272 g/mol. The fourth-order valence-electron chi connectivity index (χ4n) is 1.94. The van der Waals surface area contributed by atoms with Crippen molar-refractivity contribution in [3.05, 3.63) is 0 Å². The standard InChI is InChI=1S/C13H24N2O4/c1-13(2,3)19-12(18)14-10(9-16)8-15-7-5-4-6-11(15)17/h10,16H,4-9H2,1-3H3,(H,14,18)/t10-/m0/s1. The van der Waals surface area contributed by atoms with Crippen LogP contribution in [0.15, 0.2) is 0 Å². The van der Waals surface area contributed by atoms with Gasteiger partial charge in [0.1, 0.15) is 5.60 Å². The van der Waals surface area contributed by atoms with E-state index in [1.54, 1.807) is 25.7 Å². The third-order valence-corrected chi connectivity index (χ3v) is 2.80. The van der Waals surface area contributed by atoms with Gasteiger partial charge < -0.3 is 20.1 Å². The van der Waals surface area contributed by atoms with E-state index in [0.29, 0.717) is 19.5 Å². The van der Waals surface area contributed by atoms with Crippen molar-refractivity contribution in [2.75, 3.05) is 19.7 Å². The van der Waals surface area contributed by atoms with Crippen LogP contribution in [0.25, 0.3) is 0 Å². The normalized spacial score (nSPS) is 18.1. The average Bonchev–Trinajstić information content (AvgIpc) is 2.28. The second-order valence-electron chi connectivity index (χ2n) is 5.82. The van der Waals surface area contributed by atoms with E-state index in [9.17, 15) is 14.7 Å². The number of ether oxygens (including phenoxy) is 1. The second kappa shape index (κ2) is 6.75. The van der Waals surface area contributed by atoms with E-state index in [1.807, 2.05) is 0 Å². The largest absolute Gasteiger partial charge is 0.444 e. The monoisotopic (exact) mass is 272 g/mol. The van der Waals surface area contributed by atoms with Crippen LogP contribution in [0.5, 0.6) is 0 Å². The van der Waals surface area contributed by atoms with Crippen LogP contribution < -0.4 is 5.32 Å². The van der Waals surface area contributed by atoms with Gasteiger partial charge in [-0.25, -0.2) is 4.79 Å². The Balaban J connectivity index is 2.44. The number of piperidine rings is 1. The van der Waals surface area contributed by atoms with E-state index in [1.165, 1.54) is 0 Å². The van der Waals surface area contributed by atoms with Gasteiger partial charge in [-0.1, -0.05) is 0 Å². The molecule has 0 saturated carbocycles. The molecule has 0 aromatic rings. The Morgan fingerprint density at radius 2 is 2.16 bits per heavy atom. The first kappa shape index (κ1) is 15.8. The summed E-state index contributed by atoms with van der Waals surface area (Å²) in [7, 11) is 0. The lowest BCUT2D eigenvalue weighted by Gasteiger charge is -2.30. The smallest absolute Gasteiger partial charge is 0.408 e. The summed E-state index contributed by atoms with van der Waals surface area (Å²) in [5, 5.41) is 11.9. The van der Waals surface area contributed by atoms with Crippen molar-refractivity contribution in [3.63, 3.8) is 0 Å². The van der Waals surface area contributed by atoms with Crippen LogP contribution in [-0.4, -0.2) is 53.3 Å². The Morgan fingerprint density at radius 3 is 2.68 bits per heavy atom. The number of likely N-dealkylation sites (tertiary alicyclic amines) is 1. The summed E-state index contributed by atoms with van der Waals surface area (Å²) in [6.07, 6.45) is 1.86. The first-order valence-corrected chi connectivity index (χ1v) is 6.70. The molecular formula is C13H24N2O4. The third kappa shape index (κ3) is 5.92. The highest BCUT2D eigenvalue weighted by Crippen LogP contribution is 2.11. The summed E-state index contributed by atoms with van der Waals surface area (Å²) in [6, 6.07) is -0.489. The molecule has 1 fully saturated rings. The number of rotatable bonds is 4. The lowest BCUT2D eigenvalue weighted by atomic mass is 10.1. The van der Waals surface area contributed by atoms with Gasteiger partial charge in [0.05, 0.1) is 12.6 Å². The molecule has 19 heavy (non-hydrogen) atoms. The van der Waals surface area contributed by atoms with Gasteiger partial charge >= 0.3 is 6.09 Å². The van der Waals surface area contributed by atoms with Gasteiger partial charge in [0, 0.05) is 19.5 Å². The maximum Gasteiger partial charge on any atom is 0.408 e. The summed E-state index contributed by atoms with van der Waals surface area (Å²) in [5.41, 5.74) is -0.578. The Labute approximate surface area is 114 Å². The lowest BCUT2D eigenvalue weighted by Crippen LogP contribution is -2.49. The number of hydrogen-bond acceptors (Lipinski definition) is 4. The molecule has 2 amide bonds. The van der Waals surface area contributed by atoms with Gasteiger partial charge in [-0.05, 0) is 33.6 Å². The molecule has 1 heterocycles. The maximum atomic E-state index is 11.7. The molecule has 0 bridgehead atoms. The minimum atomic E-state index is -0.578. The predicted molar refractivity (Wildman–Crippen MR) is 70.7 cm³/mol. The van der Waals surface area contributed by atoms with Crippen LogP contribution in [0, 0.1) is 0 Å². The number of nitrogens with one attached hydrogen (secondary N) is 1. The number of carbonyl (C=O) groups excluding carboxylic acids is 2. The Hall–Kier alpha value is -1.30. The van der Waals surface area contributed by atoms with E-state index in [0.717, 1.165) is 12.8 Å². The molecule has 1 atom stereocenters. The number of carbonyl (C=O) groups is 2. The molecule has 0 unspecified atom stereocenters. The Morgan fingerprint density at radius 1 is 1.47 bits per heavy atom. The number of hydrogen-bond donors (Lipinski definition) is 2. The number of aliphatic hydroxyl groups excluding tert-OH is 1. The van der Waals surface area contributed by atoms with Crippen molar-refractivity contribution >= 4 is 12.0 Å². The van der Waals surface area contributed by atoms with Gasteiger partial charge in [-0.15, -0.1) is 0 Å². The molecule has 0 aromatic heterocycles. The number of amides is 2. The van der Waals surface area contributed by atoms with Crippen LogP contribution in [0.4, 0.5) is 4.79 Å². The molecular weight excluding hydrogens is 248 g/mol. The summed E-state index contributed by atoms with van der Waals surface area (Å²) in [4.78, 5) is 24.9. The first-order chi connectivity index (χ1) is 8.81. The van der Waals surface area contributed by atoms with Crippen molar-refractivity contribution in [2.45, 2.75) is 51.7 Å². The van der Waals surface area contributed by atoms with E-state index >= 15 is 0 Å². The zero-order chi connectivity index (χ0) is 14.5. The molecule has 1 saturated heterocycles. The van der Waals surface area contributed by atoms with Crippen molar-refractivity contribution in [1.82, 2.24) is 10.2 Å². The predicted octanol–water partition coefficient (Wildman–Crippen LogP) is 0.884. The van der Waals surface area contributed by atoms with Gasteiger partial charge in [-0.3, -0.25) is 4.79 Å². The zero-order valence-corrected chi connectivity index (χ0v) is 11.9. The highest BCUT2D eigenvalue weighted by Gasteiger charge is 2.24. The molecule has 0 aromatic carbocycles. The molecule has 0 spiro atoms. The summed E-state index contributed by atoms with van der Waals surface area (Å²) >= 11 is 0. The fourth-order valence-corrected chi connectivity index (χ4v) is 1.94. The summed E-state index contributed by atoms with van der Waals surface area (Å²) in [5.74, 6) is 0.0793. The second-order valence-corrected chi connectivity index (χ2v) is 5.82. The quantitative estimate of drug-likeness (QED) is 0.796. The fraction of sp³-hybridized carbons (Fsp3) is 0.846. The number of aliphatic hydroxyl groups is 1. The van der Waals surface area contributed by atoms with Gasteiger partial charge in [0.15, 0.2) is 0 Å².